The molecule has 14 heavy (non-hydrogen) atoms. The van der Waals surface area contributed by atoms with E-state index in [0.717, 1.165) is 10.0 Å². The van der Waals surface area contributed by atoms with E-state index in [9.17, 15) is 4.79 Å². The highest BCUT2D eigenvalue weighted by atomic mass is 79.9. The molecule has 0 amide bonds. The van der Waals surface area contributed by atoms with Gasteiger partial charge in [0.2, 0.25) is 0 Å². The number of rotatable bonds is 1. The Labute approximate surface area is 91.4 Å². The van der Waals surface area contributed by atoms with Crippen molar-refractivity contribution in [3.63, 3.8) is 0 Å². The van der Waals surface area contributed by atoms with Crippen LogP contribution in [0.15, 0.2) is 28.7 Å². The number of halogens is 1. The van der Waals surface area contributed by atoms with Gasteiger partial charge in [0.05, 0.1) is 0 Å². The Balaban J connectivity index is 2.51. The van der Waals surface area contributed by atoms with Crippen molar-refractivity contribution in [2.24, 2.45) is 0 Å². The highest BCUT2D eigenvalue weighted by Crippen LogP contribution is 2.09. The van der Waals surface area contributed by atoms with Crippen LogP contribution in [0.3, 0.4) is 0 Å². The van der Waals surface area contributed by atoms with Gasteiger partial charge >= 0.3 is 5.97 Å². The van der Waals surface area contributed by atoms with Crippen molar-refractivity contribution in [1.29, 1.82) is 0 Å². The first-order valence-corrected chi connectivity index (χ1v) is 4.85. The minimum Gasteiger partial charge on any atom is -0.453 e. The Morgan fingerprint density at radius 2 is 2.07 bits per heavy atom. The Hall–Kier alpha value is -1.27. The van der Waals surface area contributed by atoms with Gasteiger partial charge in [-0.2, -0.15) is 0 Å². The Kier molecular flexibility index (Phi) is 4.21. The average molecular weight is 253 g/mol. The molecular weight excluding hydrogens is 244 g/mol. The predicted molar refractivity (Wildman–Crippen MR) is 57.7 cm³/mol. The normalized spacial score (nSPS) is 8.71. The minimum absolute atomic E-state index is 0.144. The SMILES string of the molecule is CC(=O)OCC#Cc1ccc(Br)cc1. The molecule has 1 aromatic carbocycles. The quantitative estimate of drug-likeness (QED) is 0.567. The van der Waals surface area contributed by atoms with Crippen LogP contribution in [-0.2, 0) is 9.53 Å². The maximum absolute atomic E-state index is 10.4. The summed E-state index contributed by atoms with van der Waals surface area (Å²) < 4.78 is 5.68. The number of benzene rings is 1. The number of hydrogen-bond acceptors (Lipinski definition) is 2. The molecule has 0 N–H and O–H groups in total. The van der Waals surface area contributed by atoms with Crippen LogP contribution in [0, 0.1) is 11.8 Å². The molecule has 0 unspecified atom stereocenters. The molecular formula is C11H9BrO2. The molecule has 0 bridgehead atoms. The number of ether oxygens (including phenoxy) is 1. The lowest BCUT2D eigenvalue weighted by molar-refractivity contribution is -0.139. The first-order valence-electron chi connectivity index (χ1n) is 4.06. The molecule has 1 aromatic rings. The lowest BCUT2D eigenvalue weighted by atomic mass is 10.2. The van der Waals surface area contributed by atoms with E-state index < -0.39 is 0 Å². The summed E-state index contributed by atoms with van der Waals surface area (Å²) in [6.45, 7) is 1.51. The summed E-state index contributed by atoms with van der Waals surface area (Å²) >= 11 is 3.33. The number of esters is 1. The van der Waals surface area contributed by atoms with Crippen molar-refractivity contribution in [3.05, 3.63) is 34.3 Å². The molecule has 0 aromatic heterocycles. The van der Waals surface area contributed by atoms with E-state index in [1.165, 1.54) is 6.92 Å². The van der Waals surface area contributed by atoms with Crippen LogP contribution in [0.1, 0.15) is 12.5 Å². The van der Waals surface area contributed by atoms with E-state index in [2.05, 4.69) is 32.5 Å². The van der Waals surface area contributed by atoms with Crippen molar-refractivity contribution in [2.45, 2.75) is 6.92 Å². The maximum Gasteiger partial charge on any atom is 0.303 e. The van der Waals surface area contributed by atoms with Crippen molar-refractivity contribution in [1.82, 2.24) is 0 Å². The van der Waals surface area contributed by atoms with Crippen LogP contribution in [0.2, 0.25) is 0 Å². The molecule has 72 valence electrons. The van der Waals surface area contributed by atoms with Gasteiger partial charge in [0.15, 0.2) is 6.61 Å². The molecule has 0 saturated carbocycles. The summed E-state index contributed by atoms with van der Waals surface area (Å²) in [5.41, 5.74) is 0.903. The topological polar surface area (TPSA) is 26.3 Å². The molecule has 0 heterocycles. The second-order valence-electron chi connectivity index (χ2n) is 2.59. The lowest BCUT2D eigenvalue weighted by Crippen LogP contribution is -1.97. The van der Waals surface area contributed by atoms with Crippen LogP contribution in [0.4, 0.5) is 0 Å². The van der Waals surface area contributed by atoms with Crippen LogP contribution >= 0.6 is 15.9 Å². The van der Waals surface area contributed by atoms with Gasteiger partial charge < -0.3 is 4.74 Å². The Morgan fingerprint density at radius 3 is 2.64 bits per heavy atom. The average Bonchev–Trinajstić information content (AvgIpc) is 2.15. The van der Waals surface area contributed by atoms with E-state index >= 15 is 0 Å². The van der Waals surface area contributed by atoms with Crippen LogP contribution in [0.5, 0.6) is 0 Å². The van der Waals surface area contributed by atoms with Crippen LogP contribution < -0.4 is 0 Å². The van der Waals surface area contributed by atoms with Crippen molar-refractivity contribution in [3.8, 4) is 11.8 Å². The van der Waals surface area contributed by atoms with Gasteiger partial charge in [-0.1, -0.05) is 27.8 Å². The third-order valence-corrected chi connectivity index (χ3v) is 1.95. The first kappa shape index (κ1) is 10.8. The van der Waals surface area contributed by atoms with E-state index in [0.29, 0.717) is 0 Å². The van der Waals surface area contributed by atoms with Crippen molar-refractivity contribution >= 4 is 21.9 Å². The second kappa shape index (κ2) is 5.46. The molecule has 0 aliphatic carbocycles. The lowest BCUT2D eigenvalue weighted by Gasteiger charge is -1.92. The Bertz CT molecular complexity index is 371. The second-order valence-corrected chi connectivity index (χ2v) is 3.50. The van der Waals surface area contributed by atoms with Gasteiger partial charge in [-0.05, 0) is 24.3 Å². The molecule has 0 atom stereocenters. The fourth-order valence-corrected chi connectivity index (χ4v) is 1.07. The first-order chi connectivity index (χ1) is 6.68. The van der Waals surface area contributed by atoms with Gasteiger partial charge in [0, 0.05) is 17.0 Å². The zero-order valence-electron chi connectivity index (χ0n) is 7.71. The molecule has 0 fully saturated rings. The standard InChI is InChI=1S/C11H9BrO2/c1-9(13)14-8-2-3-10-4-6-11(12)7-5-10/h4-7H,8H2,1H3. The summed E-state index contributed by atoms with van der Waals surface area (Å²) in [5.74, 6) is 5.31. The molecule has 2 nitrogen and oxygen atoms in total. The van der Waals surface area contributed by atoms with E-state index in [-0.39, 0.29) is 12.6 Å². The zero-order valence-corrected chi connectivity index (χ0v) is 9.30. The summed E-state index contributed by atoms with van der Waals surface area (Å²) in [5, 5.41) is 0. The molecule has 1 rings (SSSR count). The Morgan fingerprint density at radius 1 is 1.43 bits per heavy atom. The summed E-state index contributed by atoms with van der Waals surface area (Å²) in [6, 6.07) is 7.61. The highest BCUT2D eigenvalue weighted by Gasteiger charge is 1.88. The molecule has 0 aliphatic rings. The third kappa shape index (κ3) is 4.11. The number of carbonyl (C=O) groups excluding carboxylic acids is 1. The summed E-state index contributed by atoms with van der Waals surface area (Å²) in [4.78, 5) is 10.4. The number of hydrogen-bond donors (Lipinski definition) is 0. The fraction of sp³-hybridized carbons (Fsp3) is 0.182. The third-order valence-electron chi connectivity index (χ3n) is 1.42. The highest BCUT2D eigenvalue weighted by molar-refractivity contribution is 9.10. The summed E-state index contributed by atoms with van der Waals surface area (Å²) in [6.07, 6.45) is 0. The van der Waals surface area contributed by atoms with Gasteiger partial charge in [0.25, 0.3) is 0 Å². The fourth-order valence-electron chi connectivity index (χ4n) is 0.809. The van der Waals surface area contributed by atoms with Gasteiger partial charge in [0.1, 0.15) is 0 Å². The van der Waals surface area contributed by atoms with E-state index in [1.807, 2.05) is 24.3 Å². The monoisotopic (exact) mass is 252 g/mol. The largest absolute Gasteiger partial charge is 0.453 e. The maximum atomic E-state index is 10.4. The van der Waals surface area contributed by atoms with E-state index in [4.69, 9.17) is 0 Å². The van der Waals surface area contributed by atoms with Gasteiger partial charge in [-0.15, -0.1) is 0 Å². The van der Waals surface area contributed by atoms with Gasteiger partial charge in [-0.25, -0.2) is 0 Å². The number of carbonyl (C=O) groups is 1. The van der Waals surface area contributed by atoms with Gasteiger partial charge in [-0.3, -0.25) is 4.79 Å². The summed E-state index contributed by atoms with van der Waals surface area (Å²) in [7, 11) is 0. The van der Waals surface area contributed by atoms with E-state index in [1.54, 1.807) is 0 Å². The van der Waals surface area contributed by atoms with Crippen molar-refractivity contribution < 1.29 is 9.53 Å². The smallest absolute Gasteiger partial charge is 0.303 e. The van der Waals surface area contributed by atoms with Crippen LogP contribution in [-0.4, -0.2) is 12.6 Å². The zero-order chi connectivity index (χ0) is 10.4. The minimum atomic E-state index is -0.310. The molecule has 0 saturated heterocycles. The van der Waals surface area contributed by atoms with Crippen LogP contribution in [0.25, 0.3) is 0 Å². The predicted octanol–water partition coefficient (Wildman–Crippen LogP) is 2.36. The molecule has 0 radical (unpaired) electrons. The van der Waals surface area contributed by atoms with Crippen molar-refractivity contribution in [2.75, 3.05) is 6.61 Å². The molecule has 3 heteroatoms. The molecule has 0 aliphatic heterocycles. The molecule has 0 spiro atoms.